The van der Waals surface area contributed by atoms with Gasteiger partial charge in [-0.1, -0.05) is 19.1 Å². The Bertz CT molecular complexity index is 521. The minimum atomic E-state index is -3.22. The van der Waals surface area contributed by atoms with Crippen molar-refractivity contribution in [1.82, 2.24) is 0 Å². The molecule has 0 spiro atoms. The van der Waals surface area contributed by atoms with Crippen molar-refractivity contribution in [1.29, 1.82) is 0 Å². The van der Waals surface area contributed by atoms with E-state index < -0.39 is 21.0 Å². The molecule has 5 heteroatoms. The molecule has 0 radical (unpaired) electrons. The first-order chi connectivity index (χ1) is 8.01. The van der Waals surface area contributed by atoms with Crippen molar-refractivity contribution in [3.05, 3.63) is 35.6 Å². The minimum Gasteiger partial charge on any atom is -0.303 e. The van der Waals surface area contributed by atoms with Crippen LogP contribution >= 0.6 is 0 Å². The Kier molecular flexibility index (Phi) is 3.03. The van der Waals surface area contributed by atoms with Crippen LogP contribution in [0.15, 0.2) is 24.3 Å². The van der Waals surface area contributed by atoms with Gasteiger partial charge in [0.15, 0.2) is 9.84 Å². The molecule has 1 aliphatic rings. The average Bonchev–Trinajstić information content (AvgIpc) is 3.05. The molecule has 0 saturated heterocycles. The van der Waals surface area contributed by atoms with Crippen LogP contribution in [-0.2, 0) is 14.6 Å². The van der Waals surface area contributed by atoms with Gasteiger partial charge in [0.2, 0.25) is 0 Å². The lowest BCUT2D eigenvalue weighted by Crippen LogP contribution is -2.12. The zero-order chi connectivity index (χ0) is 12.6. The van der Waals surface area contributed by atoms with Crippen molar-refractivity contribution in [2.75, 3.05) is 5.75 Å². The van der Waals surface area contributed by atoms with E-state index in [2.05, 4.69) is 0 Å². The number of benzene rings is 1. The molecule has 0 aliphatic heterocycles. The second-order valence-corrected chi connectivity index (χ2v) is 6.65. The molecule has 0 aromatic heterocycles. The number of hydrogen-bond donors (Lipinski definition) is 0. The van der Waals surface area contributed by atoms with Crippen LogP contribution in [0.3, 0.4) is 0 Å². The Hall–Kier alpha value is -1.23. The fraction of sp³-hybridized carbons (Fsp3) is 0.417. The van der Waals surface area contributed by atoms with Crippen LogP contribution in [0.2, 0.25) is 0 Å². The highest BCUT2D eigenvalue weighted by molar-refractivity contribution is 7.92. The molecule has 17 heavy (non-hydrogen) atoms. The van der Waals surface area contributed by atoms with Gasteiger partial charge in [-0.05, 0) is 17.7 Å². The zero-order valence-corrected chi connectivity index (χ0v) is 10.2. The van der Waals surface area contributed by atoms with Crippen molar-refractivity contribution < 1.29 is 17.6 Å². The van der Waals surface area contributed by atoms with Gasteiger partial charge in [-0.2, -0.15) is 0 Å². The summed E-state index contributed by atoms with van der Waals surface area (Å²) >= 11 is 0. The molecule has 0 N–H and O–H groups in total. The molecule has 0 amide bonds. The standard InChI is InChI=1S/C12H13FO3S/c1-2-17(15,16)12-10(7-14)11(12)8-3-5-9(13)6-4-8/h3-7,10-12H,2H2,1H3/t10-,11-,12+/m0/s1. The largest absolute Gasteiger partial charge is 0.303 e. The summed E-state index contributed by atoms with van der Waals surface area (Å²) in [6.45, 7) is 1.57. The van der Waals surface area contributed by atoms with Crippen molar-refractivity contribution in [2.45, 2.75) is 18.1 Å². The number of aldehydes is 1. The molecule has 0 bridgehead atoms. The third-order valence-corrected chi connectivity index (χ3v) is 5.48. The van der Waals surface area contributed by atoms with E-state index in [1.54, 1.807) is 19.1 Å². The molecule has 1 fully saturated rings. The lowest BCUT2D eigenvalue weighted by molar-refractivity contribution is -0.108. The lowest BCUT2D eigenvalue weighted by Gasteiger charge is -2.00. The summed E-state index contributed by atoms with van der Waals surface area (Å²) in [5.74, 6) is -1.13. The zero-order valence-electron chi connectivity index (χ0n) is 9.34. The maximum absolute atomic E-state index is 12.8. The van der Waals surface area contributed by atoms with E-state index >= 15 is 0 Å². The topological polar surface area (TPSA) is 51.2 Å². The number of rotatable bonds is 4. The Morgan fingerprint density at radius 3 is 2.35 bits per heavy atom. The van der Waals surface area contributed by atoms with Crippen molar-refractivity contribution >= 4 is 16.1 Å². The van der Waals surface area contributed by atoms with E-state index in [-0.39, 0.29) is 17.5 Å². The van der Waals surface area contributed by atoms with E-state index in [1.165, 1.54) is 12.1 Å². The summed E-state index contributed by atoms with van der Waals surface area (Å²) in [5, 5.41) is -0.629. The normalized spacial score (nSPS) is 27.8. The van der Waals surface area contributed by atoms with E-state index in [0.29, 0.717) is 11.8 Å². The number of carbonyl (C=O) groups excluding carboxylic acids is 1. The third-order valence-electron chi connectivity index (χ3n) is 3.24. The molecule has 1 saturated carbocycles. The second-order valence-electron chi connectivity index (χ2n) is 4.21. The van der Waals surface area contributed by atoms with E-state index in [9.17, 15) is 17.6 Å². The van der Waals surface area contributed by atoms with Crippen LogP contribution in [0.4, 0.5) is 4.39 Å². The summed E-state index contributed by atoms with van der Waals surface area (Å²) in [4.78, 5) is 10.9. The number of hydrogen-bond acceptors (Lipinski definition) is 3. The molecule has 0 unspecified atom stereocenters. The Morgan fingerprint density at radius 1 is 1.29 bits per heavy atom. The van der Waals surface area contributed by atoms with Gasteiger partial charge in [0.1, 0.15) is 12.1 Å². The highest BCUT2D eigenvalue weighted by Crippen LogP contribution is 2.51. The summed E-state index contributed by atoms with van der Waals surface area (Å²) < 4.78 is 36.3. The molecule has 0 heterocycles. The van der Waals surface area contributed by atoms with Gasteiger partial charge in [0, 0.05) is 17.6 Å². The Labute approximate surface area is 99.6 Å². The molecule has 1 aliphatic carbocycles. The lowest BCUT2D eigenvalue weighted by atomic mass is 10.1. The molecule has 2 rings (SSSR count). The first-order valence-corrected chi connectivity index (χ1v) is 7.15. The molecule has 3 nitrogen and oxygen atoms in total. The molecule has 1 aromatic rings. The quantitative estimate of drug-likeness (QED) is 0.768. The average molecular weight is 256 g/mol. The Balaban J connectivity index is 2.29. The highest BCUT2D eigenvalue weighted by Gasteiger charge is 2.57. The fourth-order valence-corrected chi connectivity index (χ4v) is 4.01. The Morgan fingerprint density at radius 2 is 1.88 bits per heavy atom. The van der Waals surface area contributed by atoms with Crippen LogP contribution < -0.4 is 0 Å². The molecule has 3 atom stereocenters. The maximum Gasteiger partial charge on any atom is 0.154 e. The summed E-state index contributed by atoms with van der Waals surface area (Å²) in [6.07, 6.45) is 0.686. The number of carbonyl (C=O) groups is 1. The van der Waals surface area contributed by atoms with E-state index in [4.69, 9.17) is 0 Å². The van der Waals surface area contributed by atoms with Crippen LogP contribution in [0.5, 0.6) is 0 Å². The molecular formula is C12H13FO3S. The van der Waals surface area contributed by atoms with Gasteiger partial charge in [-0.3, -0.25) is 0 Å². The molecule has 1 aromatic carbocycles. The second kappa shape index (κ2) is 4.22. The van der Waals surface area contributed by atoms with Crippen LogP contribution in [0, 0.1) is 11.7 Å². The van der Waals surface area contributed by atoms with Crippen LogP contribution in [0.25, 0.3) is 0 Å². The molecule has 92 valence electrons. The smallest absolute Gasteiger partial charge is 0.154 e. The minimum absolute atomic E-state index is 0.0275. The van der Waals surface area contributed by atoms with Gasteiger partial charge in [-0.25, -0.2) is 12.8 Å². The number of halogens is 1. The first-order valence-electron chi connectivity index (χ1n) is 5.43. The van der Waals surface area contributed by atoms with E-state index in [1.807, 2.05) is 0 Å². The van der Waals surface area contributed by atoms with Crippen molar-refractivity contribution in [3.63, 3.8) is 0 Å². The van der Waals surface area contributed by atoms with Crippen LogP contribution in [0.1, 0.15) is 18.4 Å². The summed E-state index contributed by atoms with van der Waals surface area (Å²) in [7, 11) is -3.22. The monoisotopic (exact) mass is 256 g/mol. The predicted molar refractivity (Wildman–Crippen MR) is 61.9 cm³/mol. The van der Waals surface area contributed by atoms with E-state index in [0.717, 1.165) is 0 Å². The van der Waals surface area contributed by atoms with Gasteiger partial charge < -0.3 is 4.79 Å². The molecular weight excluding hydrogens is 243 g/mol. The summed E-state index contributed by atoms with van der Waals surface area (Å²) in [6, 6.07) is 5.65. The first kappa shape index (κ1) is 12.2. The maximum atomic E-state index is 12.8. The SMILES string of the molecule is CCS(=O)(=O)[C@@H]1[C@@H](C=O)[C@@H]1c1ccc(F)cc1. The predicted octanol–water partition coefficient (Wildman–Crippen LogP) is 1.54. The van der Waals surface area contributed by atoms with Crippen molar-refractivity contribution in [2.24, 2.45) is 5.92 Å². The van der Waals surface area contributed by atoms with Crippen molar-refractivity contribution in [3.8, 4) is 0 Å². The fourth-order valence-electron chi connectivity index (χ4n) is 2.22. The summed E-state index contributed by atoms with van der Waals surface area (Å²) in [5.41, 5.74) is 0.713. The van der Waals surface area contributed by atoms with Gasteiger partial charge in [0.05, 0.1) is 5.25 Å². The van der Waals surface area contributed by atoms with Gasteiger partial charge >= 0.3 is 0 Å². The van der Waals surface area contributed by atoms with Gasteiger partial charge in [-0.15, -0.1) is 0 Å². The number of sulfone groups is 1. The van der Waals surface area contributed by atoms with Gasteiger partial charge in [0.25, 0.3) is 0 Å². The highest BCUT2D eigenvalue weighted by atomic mass is 32.2. The van der Waals surface area contributed by atoms with Crippen LogP contribution in [-0.4, -0.2) is 25.7 Å². The third kappa shape index (κ3) is 2.11.